The Bertz CT molecular complexity index is 503. The number of rotatable bonds is 1. The SMILES string of the molecule is Fc1ccc2cnn(C3CCCCO3)c2c1. The van der Waals surface area contributed by atoms with Gasteiger partial charge < -0.3 is 4.74 Å². The maximum absolute atomic E-state index is 13.2. The van der Waals surface area contributed by atoms with Gasteiger partial charge in [-0.15, -0.1) is 0 Å². The molecule has 4 heteroatoms. The van der Waals surface area contributed by atoms with Crippen molar-refractivity contribution < 1.29 is 9.13 Å². The molecule has 0 aliphatic carbocycles. The molecule has 84 valence electrons. The summed E-state index contributed by atoms with van der Waals surface area (Å²) in [5, 5.41) is 5.24. The topological polar surface area (TPSA) is 27.1 Å². The number of halogens is 1. The van der Waals surface area contributed by atoms with Crippen LogP contribution >= 0.6 is 0 Å². The van der Waals surface area contributed by atoms with Gasteiger partial charge in [0.2, 0.25) is 0 Å². The zero-order valence-electron chi connectivity index (χ0n) is 8.90. The van der Waals surface area contributed by atoms with Gasteiger partial charge in [0.15, 0.2) is 6.23 Å². The fourth-order valence-electron chi connectivity index (χ4n) is 2.16. The maximum Gasteiger partial charge on any atom is 0.150 e. The van der Waals surface area contributed by atoms with E-state index in [2.05, 4.69) is 5.10 Å². The number of fused-ring (bicyclic) bond motifs is 1. The average Bonchev–Trinajstić information content (AvgIpc) is 2.73. The van der Waals surface area contributed by atoms with Gasteiger partial charge in [0.25, 0.3) is 0 Å². The van der Waals surface area contributed by atoms with Crippen LogP contribution in [0.5, 0.6) is 0 Å². The first-order chi connectivity index (χ1) is 7.84. The quantitative estimate of drug-likeness (QED) is 0.738. The van der Waals surface area contributed by atoms with Crippen molar-refractivity contribution in [1.82, 2.24) is 9.78 Å². The second-order valence-electron chi connectivity index (χ2n) is 4.11. The Kier molecular flexibility index (Phi) is 2.36. The minimum Gasteiger partial charge on any atom is -0.356 e. The molecule has 2 aromatic rings. The third-order valence-corrected chi connectivity index (χ3v) is 2.99. The number of ether oxygens (including phenoxy) is 1. The first-order valence-corrected chi connectivity index (χ1v) is 5.59. The van der Waals surface area contributed by atoms with Gasteiger partial charge in [-0.2, -0.15) is 5.10 Å². The van der Waals surface area contributed by atoms with Crippen LogP contribution in [-0.2, 0) is 4.74 Å². The molecule has 1 unspecified atom stereocenters. The fourth-order valence-corrected chi connectivity index (χ4v) is 2.16. The number of benzene rings is 1. The molecule has 2 heterocycles. The number of aromatic nitrogens is 2. The summed E-state index contributed by atoms with van der Waals surface area (Å²) in [5.41, 5.74) is 0.812. The first kappa shape index (κ1) is 9.78. The van der Waals surface area contributed by atoms with Crippen LogP contribution in [0, 0.1) is 5.82 Å². The molecule has 0 spiro atoms. The highest BCUT2D eigenvalue weighted by Gasteiger charge is 2.18. The minimum absolute atomic E-state index is 0.0342. The van der Waals surface area contributed by atoms with Crippen molar-refractivity contribution in [2.24, 2.45) is 0 Å². The highest BCUT2D eigenvalue weighted by atomic mass is 19.1. The standard InChI is InChI=1S/C12H13FN2O/c13-10-5-4-9-8-14-15(11(9)7-10)12-3-1-2-6-16-12/h4-5,7-8,12H,1-3,6H2. The normalized spacial score (nSPS) is 21.4. The van der Waals surface area contributed by atoms with Gasteiger partial charge in [-0.1, -0.05) is 0 Å². The van der Waals surface area contributed by atoms with Crippen molar-refractivity contribution in [3.05, 3.63) is 30.2 Å². The monoisotopic (exact) mass is 220 g/mol. The number of hydrogen-bond acceptors (Lipinski definition) is 2. The van der Waals surface area contributed by atoms with E-state index in [9.17, 15) is 4.39 Å². The Hall–Kier alpha value is -1.42. The Morgan fingerprint density at radius 1 is 1.38 bits per heavy atom. The van der Waals surface area contributed by atoms with Gasteiger partial charge in [0.1, 0.15) is 5.82 Å². The molecule has 3 rings (SSSR count). The van der Waals surface area contributed by atoms with E-state index in [1.165, 1.54) is 12.1 Å². The molecule has 0 N–H and O–H groups in total. The third kappa shape index (κ3) is 1.59. The van der Waals surface area contributed by atoms with Gasteiger partial charge >= 0.3 is 0 Å². The molecule has 1 aromatic carbocycles. The van der Waals surface area contributed by atoms with Gasteiger partial charge in [-0.3, -0.25) is 0 Å². The summed E-state index contributed by atoms with van der Waals surface area (Å²) in [6, 6.07) is 4.72. The number of hydrogen-bond donors (Lipinski definition) is 0. The predicted molar refractivity (Wildman–Crippen MR) is 58.5 cm³/mol. The zero-order chi connectivity index (χ0) is 11.0. The van der Waals surface area contributed by atoms with Crippen molar-refractivity contribution in [2.45, 2.75) is 25.5 Å². The average molecular weight is 220 g/mol. The van der Waals surface area contributed by atoms with Crippen LogP contribution in [0.3, 0.4) is 0 Å². The van der Waals surface area contributed by atoms with Crippen LogP contribution in [0.2, 0.25) is 0 Å². The van der Waals surface area contributed by atoms with Crippen LogP contribution in [0.4, 0.5) is 4.39 Å². The molecule has 1 aromatic heterocycles. The summed E-state index contributed by atoms with van der Waals surface area (Å²) in [5.74, 6) is -0.231. The number of nitrogens with zero attached hydrogens (tertiary/aromatic N) is 2. The lowest BCUT2D eigenvalue weighted by molar-refractivity contribution is -0.0366. The molecule has 1 aliphatic heterocycles. The lowest BCUT2D eigenvalue weighted by Crippen LogP contribution is -2.18. The summed E-state index contributed by atoms with van der Waals surface area (Å²) in [4.78, 5) is 0. The van der Waals surface area contributed by atoms with E-state index in [1.54, 1.807) is 16.9 Å². The van der Waals surface area contributed by atoms with Gasteiger partial charge in [-0.25, -0.2) is 9.07 Å². The van der Waals surface area contributed by atoms with Crippen molar-refractivity contribution in [1.29, 1.82) is 0 Å². The Balaban J connectivity index is 2.05. The largest absolute Gasteiger partial charge is 0.356 e. The molecule has 1 atom stereocenters. The van der Waals surface area contributed by atoms with Crippen molar-refractivity contribution in [2.75, 3.05) is 6.61 Å². The molecule has 0 bridgehead atoms. The van der Waals surface area contributed by atoms with Crippen molar-refractivity contribution in [3.8, 4) is 0 Å². The minimum atomic E-state index is -0.231. The Morgan fingerprint density at radius 2 is 2.31 bits per heavy atom. The van der Waals surface area contributed by atoms with E-state index < -0.39 is 0 Å². The van der Waals surface area contributed by atoms with Crippen LogP contribution in [-0.4, -0.2) is 16.4 Å². The zero-order valence-corrected chi connectivity index (χ0v) is 8.90. The van der Waals surface area contributed by atoms with E-state index in [1.807, 2.05) is 0 Å². The predicted octanol–water partition coefficient (Wildman–Crippen LogP) is 2.87. The molecule has 16 heavy (non-hydrogen) atoms. The van der Waals surface area contributed by atoms with E-state index in [4.69, 9.17) is 4.74 Å². The van der Waals surface area contributed by atoms with Gasteiger partial charge in [-0.05, 0) is 37.5 Å². The lowest BCUT2D eigenvalue weighted by Gasteiger charge is -2.23. The molecule has 0 radical (unpaired) electrons. The molecule has 0 saturated carbocycles. The van der Waals surface area contributed by atoms with Gasteiger partial charge in [0.05, 0.1) is 11.7 Å². The summed E-state index contributed by atoms with van der Waals surface area (Å²) in [7, 11) is 0. The maximum atomic E-state index is 13.2. The summed E-state index contributed by atoms with van der Waals surface area (Å²) < 4.78 is 20.6. The molecule has 0 amide bonds. The van der Waals surface area contributed by atoms with Crippen LogP contribution in [0.25, 0.3) is 10.9 Å². The molecule has 1 fully saturated rings. The Labute approximate surface area is 92.8 Å². The van der Waals surface area contributed by atoms with Gasteiger partial charge in [0, 0.05) is 12.0 Å². The summed E-state index contributed by atoms with van der Waals surface area (Å²) in [6.07, 6.45) is 4.92. The first-order valence-electron chi connectivity index (χ1n) is 5.59. The summed E-state index contributed by atoms with van der Waals surface area (Å²) >= 11 is 0. The Morgan fingerprint density at radius 3 is 3.12 bits per heavy atom. The van der Waals surface area contributed by atoms with Crippen molar-refractivity contribution in [3.63, 3.8) is 0 Å². The van der Waals surface area contributed by atoms with Crippen LogP contribution < -0.4 is 0 Å². The highest BCUT2D eigenvalue weighted by Crippen LogP contribution is 2.26. The molecular weight excluding hydrogens is 207 g/mol. The molecular formula is C12H13FN2O. The van der Waals surface area contributed by atoms with E-state index in [0.29, 0.717) is 0 Å². The third-order valence-electron chi connectivity index (χ3n) is 2.99. The van der Waals surface area contributed by atoms with Crippen LogP contribution in [0.15, 0.2) is 24.4 Å². The summed E-state index contributed by atoms with van der Waals surface area (Å²) in [6.45, 7) is 0.765. The lowest BCUT2D eigenvalue weighted by atomic mass is 10.2. The fraction of sp³-hybridized carbons (Fsp3) is 0.417. The molecule has 1 aliphatic rings. The van der Waals surface area contributed by atoms with Crippen LogP contribution in [0.1, 0.15) is 25.5 Å². The second kappa shape index (κ2) is 3.87. The molecule has 3 nitrogen and oxygen atoms in total. The van der Waals surface area contributed by atoms with E-state index >= 15 is 0 Å². The second-order valence-corrected chi connectivity index (χ2v) is 4.11. The smallest absolute Gasteiger partial charge is 0.150 e. The van der Waals surface area contributed by atoms with E-state index in [-0.39, 0.29) is 12.0 Å². The highest BCUT2D eigenvalue weighted by molar-refractivity contribution is 5.78. The van der Waals surface area contributed by atoms with Crippen molar-refractivity contribution >= 4 is 10.9 Å². The van der Waals surface area contributed by atoms with E-state index in [0.717, 1.165) is 36.8 Å². The molecule has 1 saturated heterocycles.